The molecule has 2 amide bonds. The predicted molar refractivity (Wildman–Crippen MR) is 137 cm³/mol. The molecule has 0 N–H and O–H groups in total. The number of nitrogens with zero attached hydrogens (tertiary/aromatic N) is 4. The summed E-state index contributed by atoms with van der Waals surface area (Å²) < 4.78 is 24.3. The fourth-order valence-electron chi connectivity index (χ4n) is 5.32. The summed E-state index contributed by atoms with van der Waals surface area (Å²) in [4.78, 5) is 37.6. The lowest BCUT2D eigenvalue weighted by Crippen LogP contribution is -2.53. The molecule has 1 aromatic heterocycles. The van der Waals surface area contributed by atoms with E-state index in [1.807, 2.05) is 11.0 Å². The minimum Gasteiger partial charge on any atom is -0.493 e. The number of anilines is 1. The number of halogens is 1. The van der Waals surface area contributed by atoms with E-state index in [4.69, 9.17) is 9.47 Å². The third kappa shape index (κ3) is 4.45. The molecule has 2 aromatic carbocycles. The molecule has 3 aromatic rings. The quantitative estimate of drug-likeness (QED) is 0.530. The van der Waals surface area contributed by atoms with Gasteiger partial charge >= 0.3 is 0 Å². The topological polar surface area (TPSA) is 75.2 Å². The summed E-state index contributed by atoms with van der Waals surface area (Å²) in [5, 5.41) is 0. The second-order valence-electron chi connectivity index (χ2n) is 9.21. The molecule has 1 saturated heterocycles. The van der Waals surface area contributed by atoms with E-state index in [2.05, 4.69) is 9.88 Å². The Bertz CT molecular complexity index is 1290. The number of pyridine rings is 1. The zero-order valence-electron chi connectivity index (χ0n) is 21.1. The molecule has 0 saturated carbocycles. The van der Waals surface area contributed by atoms with E-state index < -0.39 is 12.0 Å². The number of rotatable bonds is 5. The maximum atomic E-state index is 14.2. The third-order valence-electron chi connectivity index (χ3n) is 7.25. The van der Waals surface area contributed by atoms with Gasteiger partial charge in [0.15, 0.2) is 11.5 Å². The van der Waals surface area contributed by atoms with Gasteiger partial charge in [0.2, 0.25) is 5.91 Å². The van der Waals surface area contributed by atoms with E-state index in [9.17, 15) is 14.0 Å². The average Bonchev–Trinajstić information content (AvgIpc) is 2.94. The highest BCUT2D eigenvalue weighted by Crippen LogP contribution is 2.46. The maximum absolute atomic E-state index is 14.2. The lowest BCUT2D eigenvalue weighted by atomic mass is 9.79. The number of piperazine rings is 1. The van der Waals surface area contributed by atoms with Gasteiger partial charge in [-0.05, 0) is 53.6 Å². The van der Waals surface area contributed by atoms with Crippen molar-refractivity contribution in [2.75, 3.05) is 52.3 Å². The Morgan fingerprint density at radius 3 is 2.30 bits per heavy atom. The van der Waals surface area contributed by atoms with E-state index in [-0.39, 0.29) is 17.6 Å². The van der Waals surface area contributed by atoms with E-state index in [1.54, 1.807) is 54.7 Å². The van der Waals surface area contributed by atoms with Crippen molar-refractivity contribution in [1.82, 2.24) is 14.8 Å². The Balaban J connectivity index is 1.51. The number of amides is 2. The largest absolute Gasteiger partial charge is 0.493 e. The molecule has 37 heavy (non-hydrogen) atoms. The third-order valence-corrected chi connectivity index (χ3v) is 7.25. The maximum Gasteiger partial charge on any atom is 0.254 e. The first-order chi connectivity index (χ1) is 17.9. The second-order valence-corrected chi connectivity index (χ2v) is 9.21. The van der Waals surface area contributed by atoms with E-state index in [0.717, 1.165) is 11.3 Å². The second kappa shape index (κ2) is 10.1. The van der Waals surface area contributed by atoms with Crippen LogP contribution in [-0.4, -0.2) is 74.0 Å². The highest BCUT2D eigenvalue weighted by Gasteiger charge is 2.45. The highest BCUT2D eigenvalue weighted by atomic mass is 19.1. The Hall–Kier alpha value is -4.14. The Kier molecular flexibility index (Phi) is 6.69. The molecule has 9 heteroatoms. The van der Waals surface area contributed by atoms with E-state index in [1.165, 1.54) is 26.4 Å². The van der Waals surface area contributed by atoms with Crippen molar-refractivity contribution in [3.05, 3.63) is 83.4 Å². The van der Waals surface area contributed by atoms with Gasteiger partial charge in [0.05, 0.1) is 26.2 Å². The van der Waals surface area contributed by atoms with Gasteiger partial charge in [0.25, 0.3) is 5.91 Å². The molecule has 0 radical (unpaired) electrons. The first kappa shape index (κ1) is 24.5. The summed E-state index contributed by atoms with van der Waals surface area (Å²) in [5.74, 6) is -0.306. The molecular formula is C28H29FN4O4. The van der Waals surface area contributed by atoms with Crippen LogP contribution in [0.2, 0.25) is 0 Å². The highest BCUT2D eigenvalue weighted by molar-refractivity contribution is 6.02. The van der Waals surface area contributed by atoms with Crippen LogP contribution >= 0.6 is 0 Å². The number of methoxy groups -OCH3 is 2. The van der Waals surface area contributed by atoms with Crippen LogP contribution in [0.5, 0.6) is 11.5 Å². The number of hydrogen-bond acceptors (Lipinski definition) is 6. The van der Waals surface area contributed by atoms with Gasteiger partial charge in [-0.2, -0.15) is 0 Å². The van der Waals surface area contributed by atoms with Crippen molar-refractivity contribution < 1.29 is 23.5 Å². The smallest absolute Gasteiger partial charge is 0.254 e. The molecule has 2 aliphatic heterocycles. The molecule has 5 rings (SSSR count). The fraction of sp³-hybridized carbons (Fsp3) is 0.321. The van der Waals surface area contributed by atoms with E-state index in [0.29, 0.717) is 48.8 Å². The number of aromatic nitrogens is 1. The van der Waals surface area contributed by atoms with Gasteiger partial charge in [-0.25, -0.2) is 4.39 Å². The summed E-state index contributed by atoms with van der Waals surface area (Å²) in [6.45, 7) is 2.25. The molecule has 1 fully saturated rings. The molecule has 3 heterocycles. The zero-order valence-corrected chi connectivity index (χ0v) is 21.1. The number of ether oxygens (including phenoxy) is 2. The minimum absolute atomic E-state index is 0.0690. The van der Waals surface area contributed by atoms with Crippen LogP contribution in [0.4, 0.5) is 10.1 Å². The van der Waals surface area contributed by atoms with Crippen LogP contribution in [0.25, 0.3) is 0 Å². The summed E-state index contributed by atoms with van der Waals surface area (Å²) in [7, 11) is 4.76. The number of carbonyl (C=O) groups is 2. The number of hydrogen-bond donors (Lipinski definition) is 0. The lowest BCUT2D eigenvalue weighted by Gasteiger charge is -2.43. The number of carbonyl (C=O) groups excluding carboxylic acids is 2. The predicted octanol–water partition coefficient (Wildman–Crippen LogP) is 3.50. The summed E-state index contributed by atoms with van der Waals surface area (Å²) in [5.41, 5.74) is 2.73. The van der Waals surface area contributed by atoms with Crippen molar-refractivity contribution in [2.24, 2.45) is 0 Å². The standard InChI is InChI=1S/C28H29FN4O4/c1-31-26(18-5-4-10-30-17-18)25(21-15-23(36-2)24(37-3)16-22(21)27(31)34)28(35)33-13-11-32(12-14-33)20-8-6-19(29)7-9-20/h4-10,15-17,25-26H,11-14H2,1-3H3/t25-,26+/m1/s1. The van der Waals surface area contributed by atoms with Gasteiger partial charge in [-0.1, -0.05) is 6.07 Å². The van der Waals surface area contributed by atoms with Crippen LogP contribution in [-0.2, 0) is 4.79 Å². The number of likely N-dealkylation sites (N-methyl/N-ethyl adjacent to an activating group) is 1. The Morgan fingerprint density at radius 1 is 1.00 bits per heavy atom. The van der Waals surface area contributed by atoms with Crippen molar-refractivity contribution in [3.8, 4) is 11.5 Å². The number of benzene rings is 2. The molecule has 0 bridgehead atoms. The molecular weight excluding hydrogens is 475 g/mol. The van der Waals surface area contributed by atoms with Gasteiger partial charge < -0.3 is 24.2 Å². The SMILES string of the molecule is COc1cc2c(cc1OC)[C@@H](C(=O)N1CCN(c3ccc(F)cc3)CC1)[C@H](c1cccnc1)N(C)C2=O. The monoisotopic (exact) mass is 504 g/mol. The van der Waals surface area contributed by atoms with Crippen LogP contribution in [0.3, 0.4) is 0 Å². The Labute approximate surface area is 215 Å². The van der Waals surface area contributed by atoms with Crippen LogP contribution in [0.15, 0.2) is 60.9 Å². The summed E-state index contributed by atoms with van der Waals surface area (Å²) in [6.07, 6.45) is 3.37. The molecule has 192 valence electrons. The van der Waals surface area contributed by atoms with Crippen molar-refractivity contribution in [1.29, 1.82) is 0 Å². The van der Waals surface area contributed by atoms with Gasteiger partial charge in [-0.3, -0.25) is 14.6 Å². The molecule has 2 atom stereocenters. The Morgan fingerprint density at radius 2 is 1.68 bits per heavy atom. The van der Waals surface area contributed by atoms with Crippen molar-refractivity contribution >= 4 is 17.5 Å². The van der Waals surface area contributed by atoms with Crippen molar-refractivity contribution in [3.63, 3.8) is 0 Å². The summed E-state index contributed by atoms with van der Waals surface area (Å²) in [6, 6.07) is 13.0. The zero-order chi connectivity index (χ0) is 26.1. The lowest BCUT2D eigenvalue weighted by molar-refractivity contribution is -0.134. The van der Waals surface area contributed by atoms with Crippen molar-refractivity contribution in [2.45, 2.75) is 12.0 Å². The minimum atomic E-state index is -0.654. The van der Waals surface area contributed by atoms with Gasteiger partial charge in [0, 0.05) is 56.9 Å². The fourth-order valence-corrected chi connectivity index (χ4v) is 5.32. The summed E-state index contributed by atoms with van der Waals surface area (Å²) >= 11 is 0. The van der Waals surface area contributed by atoms with E-state index >= 15 is 0 Å². The van der Waals surface area contributed by atoms with Crippen LogP contribution < -0.4 is 14.4 Å². The average molecular weight is 505 g/mol. The normalized spacial score (nSPS) is 19.5. The molecule has 8 nitrogen and oxygen atoms in total. The molecule has 0 unspecified atom stereocenters. The first-order valence-corrected chi connectivity index (χ1v) is 12.1. The van der Waals surface area contributed by atoms with Crippen LogP contribution in [0.1, 0.15) is 33.4 Å². The van der Waals surface area contributed by atoms with Gasteiger partial charge in [-0.15, -0.1) is 0 Å². The van der Waals surface area contributed by atoms with Crippen LogP contribution in [0, 0.1) is 5.82 Å². The molecule has 2 aliphatic rings. The molecule has 0 aliphatic carbocycles. The van der Waals surface area contributed by atoms with Gasteiger partial charge in [0.1, 0.15) is 5.82 Å². The number of fused-ring (bicyclic) bond motifs is 1. The molecule has 0 spiro atoms. The first-order valence-electron chi connectivity index (χ1n) is 12.1.